The van der Waals surface area contributed by atoms with Gasteiger partial charge in [0, 0.05) is 20.1 Å². The average Bonchev–Trinajstić information content (AvgIpc) is 2.87. The Balaban J connectivity index is 1.77. The molecule has 0 radical (unpaired) electrons. The van der Waals surface area contributed by atoms with E-state index in [1.165, 1.54) is 0 Å². The standard InChI is InChI=1S/C15H23N3O3S/c1-16-15(18-10-13-7-8-22(19,20)11-13)17-9-12-3-5-14(21-2)6-4-12/h3-6,13H,7-11H2,1-2H3,(H2,16,17,18). The molecule has 0 amide bonds. The van der Waals surface area contributed by atoms with Gasteiger partial charge in [-0.3, -0.25) is 4.99 Å². The first-order valence-electron chi connectivity index (χ1n) is 7.30. The number of benzene rings is 1. The first-order valence-corrected chi connectivity index (χ1v) is 9.12. The molecule has 1 fully saturated rings. The SMILES string of the molecule is CN=C(NCc1ccc(OC)cc1)NCC1CCS(=O)(=O)C1. The highest BCUT2D eigenvalue weighted by molar-refractivity contribution is 7.91. The van der Waals surface area contributed by atoms with Gasteiger partial charge in [-0.2, -0.15) is 0 Å². The Labute approximate surface area is 131 Å². The van der Waals surface area contributed by atoms with E-state index in [-0.39, 0.29) is 11.7 Å². The minimum absolute atomic E-state index is 0.171. The van der Waals surface area contributed by atoms with Crippen molar-refractivity contribution in [2.45, 2.75) is 13.0 Å². The van der Waals surface area contributed by atoms with Crippen molar-refractivity contribution in [3.05, 3.63) is 29.8 Å². The van der Waals surface area contributed by atoms with Crippen LogP contribution in [0, 0.1) is 5.92 Å². The summed E-state index contributed by atoms with van der Waals surface area (Å²) in [6, 6.07) is 7.80. The van der Waals surface area contributed by atoms with Crippen LogP contribution in [0.3, 0.4) is 0 Å². The Morgan fingerprint density at radius 2 is 2.05 bits per heavy atom. The summed E-state index contributed by atoms with van der Waals surface area (Å²) in [6.45, 7) is 1.27. The van der Waals surface area contributed by atoms with Crippen molar-refractivity contribution >= 4 is 15.8 Å². The Kier molecular flexibility index (Phi) is 5.65. The molecule has 0 saturated carbocycles. The number of guanidine groups is 1. The smallest absolute Gasteiger partial charge is 0.191 e. The number of ether oxygens (including phenoxy) is 1. The van der Waals surface area contributed by atoms with Gasteiger partial charge in [-0.15, -0.1) is 0 Å². The predicted octanol–water partition coefficient (Wildman–Crippen LogP) is 0.795. The lowest BCUT2D eigenvalue weighted by Crippen LogP contribution is -2.39. The largest absolute Gasteiger partial charge is 0.497 e. The molecule has 0 spiro atoms. The van der Waals surface area contributed by atoms with Gasteiger partial charge in [0.1, 0.15) is 5.75 Å². The predicted molar refractivity (Wildman–Crippen MR) is 88.0 cm³/mol. The third kappa shape index (κ3) is 4.91. The maximum atomic E-state index is 11.4. The van der Waals surface area contributed by atoms with E-state index in [2.05, 4.69) is 15.6 Å². The number of hydrogen-bond acceptors (Lipinski definition) is 4. The molecule has 0 bridgehead atoms. The van der Waals surface area contributed by atoms with Crippen LogP contribution in [0.2, 0.25) is 0 Å². The Hall–Kier alpha value is -1.76. The highest BCUT2D eigenvalue weighted by Crippen LogP contribution is 2.17. The van der Waals surface area contributed by atoms with Gasteiger partial charge in [-0.25, -0.2) is 8.42 Å². The Bertz CT molecular complexity index is 611. The molecule has 2 N–H and O–H groups in total. The van der Waals surface area contributed by atoms with Crippen LogP contribution < -0.4 is 15.4 Å². The number of methoxy groups -OCH3 is 1. The van der Waals surface area contributed by atoms with Crippen molar-refractivity contribution < 1.29 is 13.2 Å². The number of hydrogen-bond donors (Lipinski definition) is 2. The van der Waals surface area contributed by atoms with Crippen LogP contribution in [-0.4, -0.2) is 46.6 Å². The van der Waals surface area contributed by atoms with E-state index in [0.717, 1.165) is 17.7 Å². The van der Waals surface area contributed by atoms with E-state index in [4.69, 9.17) is 4.74 Å². The summed E-state index contributed by atoms with van der Waals surface area (Å²) in [4.78, 5) is 4.15. The summed E-state index contributed by atoms with van der Waals surface area (Å²) in [6.07, 6.45) is 0.727. The maximum Gasteiger partial charge on any atom is 0.191 e. The first kappa shape index (κ1) is 16.6. The number of sulfone groups is 1. The van der Waals surface area contributed by atoms with E-state index in [1.807, 2.05) is 24.3 Å². The lowest BCUT2D eigenvalue weighted by Gasteiger charge is -2.14. The molecule has 122 valence electrons. The topological polar surface area (TPSA) is 79.8 Å². The number of rotatable bonds is 5. The summed E-state index contributed by atoms with van der Waals surface area (Å²) < 4.78 is 28.0. The first-order chi connectivity index (χ1) is 10.5. The summed E-state index contributed by atoms with van der Waals surface area (Å²) in [7, 11) is 0.520. The normalized spacial score (nSPS) is 20.6. The van der Waals surface area contributed by atoms with E-state index < -0.39 is 9.84 Å². The molecule has 7 heteroatoms. The van der Waals surface area contributed by atoms with Gasteiger partial charge in [0.25, 0.3) is 0 Å². The average molecular weight is 325 g/mol. The number of aliphatic imine (C=N–C) groups is 1. The number of nitrogens with zero attached hydrogens (tertiary/aromatic N) is 1. The van der Waals surface area contributed by atoms with Crippen molar-refractivity contribution in [2.75, 3.05) is 32.2 Å². The molecule has 1 aromatic carbocycles. The van der Waals surface area contributed by atoms with Crippen molar-refractivity contribution in [3.8, 4) is 5.75 Å². The van der Waals surface area contributed by atoms with Crippen LogP contribution in [0.5, 0.6) is 5.75 Å². The third-order valence-electron chi connectivity index (χ3n) is 3.73. The molecular formula is C15H23N3O3S. The highest BCUT2D eigenvalue weighted by Gasteiger charge is 2.27. The molecule has 0 aromatic heterocycles. The zero-order valence-electron chi connectivity index (χ0n) is 13.0. The molecule has 6 nitrogen and oxygen atoms in total. The van der Waals surface area contributed by atoms with Crippen LogP contribution in [-0.2, 0) is 16.4 Å². The van der Waals surface area contributed by atoms with E-state index in [0.29, 0.717) is 24.8 Å². The molecule has 1 aliphatic heterocycles. The van der Waals surface area contributed by atoms with Gasteiger partial charge in [0.2, 0.25) is 0 Å². The lowest BCUT2D eigenvalue weighted by atomic mass is 10.1. The van der Waals surface area contributed by atoms with Crippen molar-refractivity contribution in [2.24, 2.45) is 10.9 Å². The monoisotopic (exact) mass is 325 g/mol. The van der Waals surface area contributed by atoms with Crippen molar-refractivity contribution in [1.29, 1.82) is 0 Å². The van der Waals surface area contributed by atoms with Crippen LogP contribution in [0.1, 0.15) is 12.0 Å². The second kappa shape index (κ2) is 7.49. The molecule has 1 atom stereocenters. The number of nitrogens with one attached hydrogen (secondary N) is 2. The van der Waals surface area contributed by atoms with Gasteiger partial charge >= 0.3 is 0 Å². The molecule has 1 aliphatic rings. The van der Waals surface area contributed by atoms with Gasteiger partial charge in [-0.1, -0.05) is 12.1 Å². The second-order valence-corrected chi connectivity index (χ2v) is 7.65. The minimum Gasteiger partial charge on any atom is -0.497 e. The molecule has 1 heterocycles. The maximum absolute atomic E-state index is 11.4. The molecule has 22 heavy (non-hydrogen) atoms. The summed E-state index contributed by atoms with van der Waals surface area (Å²) in [5.74, 6) is 2.26. The van der Waals surface area contributed by atoms with Crippen molar-refractivity contribution in [1.82, 2.24) is 10.6 Å². The quantitative estimate of drug-likeness (QED) is 0.618. The van der Waals surface area contributed by atoms with Crippen LogP contribution in [0.25, 0.3) is 0 Å². The van der Waals surface area contributed by atoms with Crippen molar-refractivity contribution in [3.63, 3.8) is 0 Å². The molecule has 1 saturated heterocycles. The Morgan fingerprint density at radius 1 is 1.32 bits per heavy atom. The molecule has 1 aromatic rings. The molecule has 1 unspecified atom stereocenters. The summed E-state index contributed by atoms with van der Waals surface area (Å²) in [5, 5.41) is 6.41. The van der Waals surface area contributed by atoms with Crippen LogP contribution >= 0.6 is 0 Å². The van der Waals surface area contributed by atoms with Gasteiger partial charge in [-0.05, 0) is 30.0 Å². The fraction of sp³-hybridized carbons (Fsp3) is 0.533. The fourth-order valence-corrected chi connectivity index (χ4v) is 4.29. The lowest BCUT2D eigenvalue weighted by molar-refractivity contribution is 0.414. The third-order valence-corrected chi connectivity index (χ3v) is 5.56. The highest BCUT2D eigenvalue weighted by atomic mass is 32.2. The Morgan fingerprint density at radius 3 is 2.59 bits per heavy atom. The van der Waals surface area contributed by atoms with E-state index in [1.54, 1.807) is 14.2 Å². The molecule has 2 rings (SSSR count). The van der Waals surface area contributed by atoms with Crippen LogP contribution in [0.15, 0.2) is 29.3 Å². The summed E-state index contributed by atoms with van der Waals surface area (Å²) >= 11 is 0. The second-order valence-electron chi connectivity index (χ2n) is 5.42. The molecule has 0 aliphatic carbocycles. The van der Waals surface area contributed by atoms with Gasteiger partial charge in [0.05, 0.1) is 18.6 Å². The zero-order valence-corrected chi connectivity index (χ0v) is 13.8. The van der Waals surface area contributed by atoms with Crippen LogP contribution in [0.4, 0.5) is 0 Å². The molecular weight excluding hydrogens is 302 g/mol. The summed E-state index contributed by atoms with van der Waals surface area (Å²) in [5.41, 5.74) is 1.12. The van der Waals surface area contributed by atoms with Gasteiger partial charge < -0.3 is 15.4 Å². The fourth-order valence-electron chi connectivity index (χ4n) is 2.42. The minimum atomic E-state index is -2.82. The van der Waals surface area contributed by atoms with Gasteiger partial charge in [0.15, 0.2) is 15.8 Å². The van der Waals surface area contributed by atoms with E-state index in [9.17, 15) is 8.42 Å². The zero-order chi connectivity index (χ0) is 16.0. The van der Waals surface area contributed by atoms with E-state index >= 15 is 0 Å².